The minimum atomic E-state index is -0.314. The quantitative estimate of drug-likeness (QED) is 0.242. The molecule has 0 unspecified atom stereocenters. The number of benzene rings is 2. The van der Waals surface area contributed by atoms with Crippen LogP contribution >= 0.6 is 0 Å². The second-order valence-electron chi connectivity index (χ2n) is 8.84. The van der Waals surface area contributed by atoms with Gasteiger partial charge in [0, 0.05) is 42.2 Å². The molecule has 0 fully saturated rings. The smallest absolute Gasteiger partial charge is 0.255 e. The molecule has 5 aromatic rings. The van der Waals surface area contributed by atoms with Gasteiger partial charge in [-0.2, -0.15) is 0 Å². The Kier molecular flexibility index (Phi) is 5.52. The number of carbonyl (C=O) groups is 1. The summed E-state index contributed by atoms with van der Waals surface area (Å²) in [5.41, 5.74) is 5.54. The zero-order valence-corrected chi connectivity index (χ0v) is 21.2. The summed E-state index contributed by atoms with van der Waals surface area (Å²) in [6, 6.07) is 14.2. The van der Waals surface area contributed by atoms with Gasteiger partial charge in [-0.05, 0) is 43.3 Å². The highest BCUT2D eigenvalue weighted by atomic mass is 19.1. The van der Waals surface area contributed by atoms with Crippen LogP contribution in [0.4, 0.5) is 10.1 Å². The lowest BCUT2D eigenvalue weighted by molar-refractivity contribution is 0.0963. The molecule has 0 saturated carbocycles. The molecule has 192 valence electrons. The van der Waals surface area contributed by atoms with Gasteiger partial charge in [0.1, 0.15) is 35.7 Å². The Labute approximate surface area is 216 Å². The van der Waals surface area contributed by atoms with Crippen LogP contribution in [0.1, 0.15) is 23.0 Å². The number of fused-ring (bicyclic) bond motifs is 6. The van der Waals surface area contributed by atoms with E-state index in [0.29, 0.717) is 50.5 Å². The van der Waals surface area contributed by atoms with E-state index in [1.807, 2.05) is 34.9 Å². The van der Waals surface area contributed by atoms with Gasteiger partial charge in [0.25, 0.3) is 5.91 Å². The molecule has 6 rings (SSSR count). The van der Waals surface area contributed by atoms with Crippen molar-refractivity contribution in [3.8, 4) is 28.4 Å². The molecule has 1 aliphatic rings. The van der Waals surface area contributed by atoms with Crippen molar-refractivity contribution >= 4 is 39.2 Å². The fourth-order valence-corrected chi connectivity index (χ4v) is 4.96. The molecule has 38 heavy (non-hydrogen) atoms. The minimum Gasteiger partial charge on any atom is -0.470 e. The Balaban J connectivity index is 1.57. The van der Waals surface area contributed by atoms with Gasteiger partial charge in [-0.3, -0.25) is 4.79 Å². The summed E-state index contributed by atoms with van der Waals surface area (Å²) in [7, 11) is 4.79. The molecule has 0 saturated heterocycles. The Bertz CT molecular complexity index is 1790. The second-order valence-corrected chi connectivity index (χ2v) is 8.84. The summed E-state index contributed by atoms with van der Waals surface area (Å²) in [6.45, 7) is 1.97. The van der Waals surface area contributed by atoms with Crippen molar-refractivity contribution in [2.45, 2.75) is 13.7 Å². The molecule has 0 bridgehead atoms. The number of hydrogen-bond acceptors (Lipinski definition) is 7. The van der Waals surface area contributed by atoms with Crippen LogP contribution in [0.5, 0.6) is 5.75 Å². The lowest BCUT2D eigenvalue weighted by atomic mass is 10.0. The Morgan fingerprint density at radius 2 is 2.00 bits per heavy atom. The van der Waals surface area contributed by atoms with E-state index in [9.17, 15) is 9.18 Å². The first-order valence-corrected chi connectivity index (χ1v) is 12.0. The van der Waals surface area contributed by atoms with Crippen LogP contribution in [-0.4, -0.2) is 42.4 Å². The van der Waals surface area contributed by atoms with Crippen LogP contribution in [-0.2, 0) is 11.6 Å². The van der Waals surface area contributed by atoms with Gasteiger partial charge in [-0.1, -0.05) is 11.2 Å². The predicted octanol–water partition coefficient (Wildman–Crippen LogP) is 5.38. The van der Waals surface area contributed by atoms with Crippen molar-refractivity contribution in [2.24, 2.45) is 5.16 Å². The molecule has 9 nitrogen and oxygen atoms in total. The van der Waals surface area contributed by atoms with Gasteiger partial charge in [-0.25, -0.2) is 9.37 Å². The van der Waals surface area contributed by atoms with Crippen LogP contribution in [0.3, 0.4) is 0 Å². The van der Waals surface area contributed by atoms with Crippen molar-refractivity contribution in [3.05, 3.63) is 65.7 Å². The summed E-state index contributed by atoms with van der Waals surface area (Å²) in [5.74, 6) is 0.319. The standard InChI is InChI=1S/C28H24FN5O4/c1-14(33-36-4)27-25(28(35)31-3)17-10-16(20(30-2)12-24(17)38-27)19-8-9-23-26(32-19)22-11-15-18(29)6-5-7-21(15)34(22)13-37-23/h5-12,30H,13H2,1-4H3,(H,31,35)/b33-14+. The van der Waals surface area contributed by atoms with E-state index in [-0.39, 0.29) is 18.5 Å². The number of nitrogens with one attached hydrogen (secondary N) is 2. The van der Waals surface area contributed by atoms with E-state index < -0.39 is 0 Å². The number of hydrogen-bond donors (Lipinski definition) is 2. The van der Waals surface area contributed by atoms with Crippen LogP contribution in [0, 0.1) is 5.82 Å². The third kappa shape index (κ3) is 3.48. The number of pyridine rings is 1. The molecular weight excluding hydrogens is 489 g/mol. The zero-order chi connectivity index (χ0) is 26.6. The first kappa shape index (κ1) is 23.5. The van der Waals surface area contributed by atoms with E-state index in [1.165, 1.54) is 13.2 Å². The highest BCUT2D eigenvalue weighted by Gasteiger charge is 2.26. The Hall–Kier alpha value is -4.86. The van der Waals surface area contributed by atoms with Gasteiger partial charge in [0.15, 0.2) is 12.5 Å². The molecule has 1 aliphatic heterocycles. The van der Waals surface area contributed by atoms with Crippen molar-refractivity contribution < 1.29 is 23.2 Å². The van der Waals surface area contributed by atoms with Gasteiger partial charge in [0.05, 0.1) is 22.5 Å². The number of oxime groups is 1. The average molecular weight is 514 g/mol. The molecular formula is C28H24FN5O4. The summed E-state index contributed by atoms with van der Waals surface area (Å²) in [6.07, 6.45) is 0. The van der Waals surface area contributed by atoms with Crippen molar-refractivity contribution in [3.63, 3.8) is 0 Å². The molecule has 4 heterocycles. The van der Waals surface area contributed by atoms with Crippen LogP contribution in [0.15, 0.2) is 58.1 Å². The number of rotatable bonds is 5. The molecule has 2 N–H and O–H groups in total. The minimum absolute atomic E-state index is 0.264. The highest BCUT2D eigenvalue weighted by Crippen LogP contribution is 2.41. The van der Waals surface area contributed by atoms with Gasteiger partial charge in [-0.15, -0.1) is 0 Å². The predicted molar refractivity (Wildman–Crippen MR) is 143 cm³/mol. The van der Waals surface area contributed by atoms with E-state index in [1.54, 1.807) is 33.2 Å². The molecule has 10 heteroatoms. The number of halogens is 1. The summed E-state index contributed by atoms with van der Waals surface area (Å²) in [4.78, 5) is 22.8. The molecule has 0 spiro atoms. The van der Waals surface area contributed by atoms with Gasteiger partial charge >= 0.3 is 0 Å². The molecule has 1 amide bonds. The average Bonchev–Trinajstić information content (AvgIpc) is 3.51. The first-order chi connectivity index (χ1) is 18.4. The largest absolute Gasteiger partial charge is 0.470 e. The van der Waals surface area contributed by atoms with Crippen LogP contribution in [0.25, 0.3) is 44.5 Å². The van der Waals surface area contributed by atoms with E-state index >= 15 is 0 Å². The lowest BCUT2D eigenvalue weighted by Crippen LogP contribution is -2.19. The van der Waals surface area contributed by atoms with Crippen molar-refractivity contribution in [1.29, 1.82) is 0 Å². The number of carbonyl (C=O) groups excluding carboxylic acids is 1. The Morgan fingerprint density at radius 1 is 1.16 bits per heavy atom. The third-order valence-corrected chi connectivity index (χ3v) is 6.73. The first-order valence-electron chi connectivity index (χ1n) is 12.0. The number of nitrogens with zero attached hydrogens (tertiary/aromatic N) is 3. The van der Waals surface area contributed by atoms with Crippen molar-refractivity contribution in [2.75, 3.05) is 26.5 Å². The summed E-state index contributed by atoms with van der Waals surface area (Å²) < 4.78 is 28.5. The molecule has 3 aromatic heterocycles. The summed E-state index contributed by atoms with van der Waals surface area (Å²) in [5, 5.41) is 10.9. The molecule has 0 radical (unpaired) electrons. The molecule has 2 aromatic carbocycles. The van der Waals surface area contributed by atoms with E-state index in [0.717, 1.165) is 22.5 Å². The zero-order valence-electron chi connectivity index (χ0n) is 21.2. The monoisotopic (exact) mass is 513 g/mol. The fourth-order valence-electron chi connectivity index (χ4n) is 4.96. The Morgan fingerprint density at radius 3 is 2.76 bits per heavy atom. The topological polar surface area (TPSA) is 103 Å². The number of furan rings is 1. The van der Waals surface area contributed by atoms with E-state index in [2.05, 4.69) is 15.8 Å². The second kappa shape index (κ2) is 8.91. The van der Waals surface area contributed by atoms with Gasteiger partial charge in [0.2, 0.25) is 0 Å². The number of amides is 1. The van der Waals surface area contributed by atoms with Gasteiger partial charge < -0.3 is 29.2 Å². The lowest BCUT2D eigenvalue weighted by Gasteiger charge is -2.21. The van der Waals surface area contributed by atoms with Crippen LogP contribution < -0.4 is 15.4 Å². The fraction of sp³-hybridized carbons (Fsp3) is 0.179. The van der Waals surface area contributed by atoms with Crippen LogP contribution in [0.2, 0.25) is 0 Å². The maximum absolute atomic E-state index is 14.5. The third-order valence-electron chi connectivity index (χ3n) is 6.73. The maximum Gasteiger partial charge on any atom is 0.255 e. The number of anilines is 1. The number of aromatic nitrogens is 2. The molecule has 0 atom stereocenters. The normalized spacial score (nSPS) is 12.7. The SMILES string of the molecule is CNC(=O)c1c(/C(C)=N/OC)oc2cc(NC)c(-c3ccc4c(n3)-c3cc5c(F)cccc5n3CO4)cc12. The number of ether oxygens (including phenoxy) is 1. The summed E-state index contributed by atoms with van der Waals surface area (Å²) >= 11 is 0. The molecule has 0 aliphatic carbocycles. The van der Waals surface area contributed by atoms with E-state index in [4.69, 9.17) is 19.0 Å². The maximum atomic E-state index is 14.5. The van der Waals surface area contributed by atoms with Crippen molar-refractivity contribution in [1.82, 2.24) is 14.9 Å². The highest BCUT2D eigenvalue weighted by molar-refractivity contribution is 6.16.